The highest BCUT2D eigenvalue weighted by Crippen LogP contribution is 2.30. The smallest absolute Gasteiger partial charge is 0.319 e. The number of halogens is 1. The van der Waals surface area contributed by atoms with Crippen LogP contribution in [-0.2, 0) is 0 Å². The number of aliphatic hydroxyl groups excluding tert-OH is 1. The summed E-state index contributed by atoms with van der Waals surface area (Å²) in [5.74, 6) is 0.653. The number of urea groups is 1. The van der Waals surface area contributed by atoms with E-state index in [9.17, 15) is 9.90 Å². The highest BCUT2D eigenvalue weighted by atomic mass is 79.9. The molecule has 2 amide bonds. The molecule has 0 heterocycles. The first-order valence-electron chi connectivity index (χ1n) is 6.62. The fraction of sp³-hybridized carbons (Fsp3) is 0.500. The summed E-state index contributed by atoms with van der Waals surface area (Å²) >= 11 is 3.36. The van der Waals surface area contributed by atoms with Crippen LogP contribution in [0.2, 0.25) is 0 Å². The Bertz CT molecular complexity index is 487. The number of hydrogen-bond acceptors (Lipinski definition) is 3. The molecule has 0 saturated heterocycles. The number of amides is 2. The molecular formula is C14H19BrN2O3. The number of carbonyl (C=O) groups excluding carboxylic acids is 1. The Hall–Kier alpha value is -1.27. The molecule has 0 spiro atoms. The van der Waals surface area contributed by atoms with Gasteiger partial charge in [-0.15, -0.1) is 0 Å². The van der Waals surface area contributed by atoms with Crippen LogP contribution in [0.1, 0.15) is 25.7 Å². The third kappa shape index (κ3) is 3.43. The first-order valence-corrected chi connectivity index (χ1v) is 7.41. The van der Waals surface area contributed by atoms with Gasteiger partial charge in [0, 0.05) is 11.8 Å². The van der Waals surface area contributed by atoms with Gasteiger partial charge in [0.1, 0.15) is 5.75 Å². The second-order valence-electron chi connectivity index (χ2n) is 5.07. The van der Waals surface area contributed by atoms with E-state index in [-0.39, 0.29) is 12.6 Å². The van der Waals surface area contributed by atoms with Gasteiger partial charge in [-0.05, 0) is 40.9 Å². The average Bonchev–Trinajstić information content (AvgIpc) is 2.90. The maximum Gasteiger partial charge on any atom is 0.319 e. The van der Waals surface area contributed by atoms with E-state index in [1.807, 2.05) is 6.07 Å². The lowest BCUT2D eigenvalue weighted by Crippen LogP contribution is -2.50. The molecule has 20 heavy (non-hydrogen) atoms. The van der Waals surface area contributed by atoms with Gasteiger partial charge in [0.25, 0.3) is 0 Å². The minimum atomic E-state index is -0.469. The molecule has 0 aliphatic heterocycles. The summed E-state index contributed by atoms with van der Waals surface area (Å²) in [6.07, 6.45) is 3.71. The summed E-state index contributed by atoms with van der Waals surface area (Å²) in [5.41, 5.74) is 0.178. The maximum atomic E-state index is 12.0. The number of rotatable bonds is 4. The summed E-state index contributed by atoms with van der Waals surface area (Å²) in [7, 11) is 1.57. The fourth-order valence-corrected chi connectivity index (χ4v) is 2.92. The van der Waals surface area contributed by atoms with E-state index in [1.165, 1.54) is 0 Å². The Morgan fingerprint density at radius 1 is 1.45 bits per heavy atom. The van der Waals surface area contributed by atoms with Gasteiger partial charge in [-0.2, -0.15) is 0 Å². The van der Waals surface area contributed by atoms with Crippen molar-refractivity contribution in [2.45, 2.75) is 31.2 Å². The third-order valence-electron chi connectivity index (χ3n) is 3.65. The lowest BCUT2D eigenvalue weighted by molar-refractivity contribution is 0.167. The van der Waals surface area contributed by atoms with Crippen molar-refractivity contribution < 1.29 is 14.6 Å². The molecule has 2 rings (SSSR count). The van der Waals surface area contributed by atoms with E-state index in [0.29, 0.717) is 11.4 Å². The van der Waals surface area contributed by atoms with Gasteiger partial charge in [-0.1, -0.05) is 12.8 Å². The lowest BCUT2D eigenvalue weighted by Gasteiger charge is -2.28. The number of methoxy groups -OCH3 is 1. The van der Waals surface area contributed by atoms with Crippen molar-refractivity contribution in [2.24, 2.45) is 0 Å². The zero-order valence-corrected chi connectivity index (χ0v) is 13.0. The van der Waals surface area contributed by atoms with Crippen molar-refractivity contribution >= 4 is 27.6 Å². The summed E-state index contributed by atoms with van der Waals surface area (Å²) in [5, 5.41) is 15.1. The zero-order valence-electron chi connectivity index (χ0n) is 11.4. The van der Waals surface area contributed by atoms with Crippen molar-refractivity contribution in [1.29, 1.82) is 0 Å². The molecule has 110 valence electrons. The number of nitrogens with one attached hydrogen (secondary N) is 2. The van der Waals surface area contributed by atoms with Gasteiger partial charge in [0.15, 0.2) is 0 Å². The Morgan fingerprint density at radius 3 is 2.75 bits per heavy atom. The molecule has 5 nitrogen and oxygen atoms in total. The Kier molecular flexibility index (Phi) is 4.88. The van der Waals surface area contributed by atoms with Gasteiger partial charge in [0.05, 0.1) is 23.7 Å². The Balaban J connectivity index is 2.01. The van der Waals surface area contributed by atoms with Crippen molar-refractivity contribution in [3.63, 3.8) is 0 Å². The number of hydrogen-bond donors (Lipinski definition) is 3. The van der Waals surface area contributed by atoms with E-state index >= 15 is 0 Å². The highest BCUT2D eigenvalue weighted by Gasteiger charge is 2.34. The maximum absolute atomic E-state index is 12.0. The summed E-state index contributed by atoms with van der Waals surface area (Å²) in [6, 6.07) is 5.03. The number of aliphatic hydroxyl groups is 1. The molecule has 3 N–H and O–H groups in total. The second-order valence-corrected chi connectivity index (χ2v) is 5.93. The van der Waals surface area contributed by atoms with E-state index in [1.54, 1.807) is 19.2 Å². The van der Waals surface area contributed by atoms with Gasteiger partial charge in [-0.3, -0.25) is 0 Å². The monoisotopic (exact) mass is 342 g/mol. The van der Waals surface area contributed by atoms with Crippen molar-refractivity contribution in [3.8, 4) is 5.75 Å². The standard InChI is InChI=1S/C14H19BrN2O3/c1-20-12-8-10(4-5-11(12)15)16-13(19)17-14(9-18)6-2-3-7-14/h4-5,8,18H,2-3,6-7,9H2,1H3,(H2,16,17,19). The summed E-state index contributed by atoms with van der Waals surface area (Å²) in [6.45, 7) is -0.0237. The molecule has 1 aliphatic carbocycles. The average molecular weight is 343 g/mol. The molecule has 0 radical (unpaired) electrons. The largest absolute Gasteiger partial charge is 0.495 e. The topological polar surface area (TPSA) is 70.6 Å². The molecule has 0 bridgehead atoms. The SMILES string of the molecule is COc1cc(NC(=O)NC2(CO)CCCC2)ccc1Br. The minimum absolute atomic E-state index is 0.0237. The second kappa shape index (κ2) is 6.45. The molecule has 1 aromatic rings. The number of benzene rings is 1. The van der Waals surface area contributed by atoms with Crippen LogP contribution in [0.25, 0.3) is 0 Å². The first-order chi connectivity index (χ1) is 9.58. The van der Waals surface area contributed by atoms with E-state index in [4.69, 9.17) is 4.74 Å². The Morgan fingerprint density at radius 2 is 2.15 bits per heavy atom. The summed E-state index contributed by atoms with van der Waals surface area (Å²) in [4.78, 5) is 12.0. The molecular weight excluding hydrogens is 324 g/mol. The van der Waals surface area contributed by atoms with Crippen LogP contribution in [0.3, 0.4) is 0 Å². The highest BCUT2D eigenvalue weighted by molar-refractivity contribution is 9.10. The summed E-state index contributed by atoms with van der Waals surface area (Å²) < 4.78 is 6.01. The molecule has 1 aliphatic rings. The molecule has 0 unspecified atom stereocenters. The van der Waals surface area contributed by atoms with Crippen LogP contribution in [-0.4, -0.2) is 30.4 Å². The molecule has 1 fully saturated rings. The molecule has 6 heteroatoms. The van der Waals surface area contributed by atoms with Gasteiger partial charge in [-0.25, -0.2) is 4.79 Å². The Labute approximate surface area is 126 Å². The van der Waals surface area contributed by atoms with Crippen LogP contribution in [0, 0.1) is 0 Å². The fourth-order valence-electron chi connectivity index (χ4n) is 2.52. The van der Waals surface area contributed by atoms with Crippen molar-refractivity contribution in [1.82, 2.24) is 5.32 Å². The number of carbonyl (C=O) groups is 1. The first kappa shape index (κ1) is 15.1. The molecule has 1 saturated carbocycles. The minimum Gasteiger partial charge on any atom is -0.495 e. The predicted octanol–water partition coefficient (Wildman–Crippen LogP) is 2.88. The van der Waals surface area contributed by atoms with Crippen molar-refractivity contribution in [3.05, 3.63) is 22.7 Å². The molecule has 1 aromatic carbocycles. The molecule has 0 atom stereocenters. The van der Waals surface area contributed by atoms with Crippen LogP contribution in [0.4, 0.5) is 10.5 Å². The van der Waals surface area contributed by atoms with E-state index < -0.39 is 5.54 Å². The van der Waals surface area contributed by atoms with Gasteiger partial charge in [0.2, 0.25) is 0 Å². The lowest BCUT2D eigenvalue weighted by atomic mass is 9.99. The van der Waals surface area contributed by atoms with E-state index in [0.717, 1.165) is 30.2 Å². The van der Waals surface area contributed by atoms with Crippen LogP contribution < -0.4 is 15.4 Å². The predicted molar refractivity (Wildman–Crippen MR) is 81.1 cm³/mol. The van der Waals surface area contributed by atoms with Crippen LogP contribution in [0.5, 0.6) is 5.75 Å². The normalized spacial score (nSPS) is 16.8. The quantitative estimate of drug-likeness (QED) is 0.787. The molecule has 0 aromatic heterocycles. The van der Waals surface area contributed by atoms with Crippen LogP contribution >= 0.6 is 15.9 Å². The van der Waals surface area contributed by atoms with Gasteiger partial charge >= 0.3 is 6.03 Å². The zero-order chi connectivity index (χ0) is 14.6. The number of anilines is 1. The van der Waals surface area contributed by atoms with Gasteiger partial charge < -0.3 is 20.5 Å². The van der Waals surface area contributed by atoms with Crippen molar-refractivity contribution in [2.75, 3.05) is 19.0 Å². The van der Waals surface area contributed by atoms with Crippen LogP contribution in [0.15, 0.2) is 22.7 Å². The van der Waals surface area contributed by atoms with E-state index in [2.05, 4.69) is 26.6 Å². The number of ether oxygens (including phenoxy) is 1. The third-order valence-corrected chi connectivity index (χ3v) is 4.31.